The van der Waals surface area contributed by atoms with Gasteiger partial charge in [-0.15, -0.1) is 0 Å². The van der Waals surface area contributed by atoms with Crippen molar-refractivity contribution in [3.63, 3.8) is 0 Å². The molecule has 10 N–H and O–H groups in total. The Morgan fingerprint density at radius 2 is 1.24 bits per heavy atom. The van der Waals surface area contributed by atoms with Crippen LogP contribution in [0, 0.1) is 11.8 Å². The first-order chi connectivity index (χ1) is 15.8. The first kappa shape index (κ1) is 31.3. The van der Waals surface area contributed by atoms with E-state index in [1.807, 2.05) is 27.7 Å². The van der Waals surface area contributed by atoms with Crippen LogP contribution in [-0.4, -0.2) is 65.4 Å². The van der Waals surface area contributed by atoms with Crippen LogP contribution in [0.4, 0.5) is 0 Å². The zero-order valence-electron chi connectivity index (χ0n) is 20.6. The standard InChI is InChI=1S/C22H42N6O6/c1-12(2)9-15(20(31)28-17(22(33)34)10-13(3)4)27-21(32)16(11-18(25)29)26-19(30)14(24)7-5-6-8-23/h12-17H,5-11,23-24H2,1-4H3,(H2,25,29)(H,26,30)(H,27,32)(H,28,31)(H,33,34). The van der Waals surface area contributed by atoms with E-state index in [0.29, 0.717) is 25.8 Å². The fourth-order valence-corrected chi connectivity index (χ4v) is 3.27. The Morgan fingerprint density at radius 1 is 0.765 bits per heavy atom. The van der Waals surface area contributed by atoms with E-state index in [-0.39, 0.29) is 24.7 Å². The molecule has 0 aromatic rings. The molecule has 0 aromatic carbocycles. The summed E-state index contributed by atoms with van der Waals surface area (Å²) in [5, 5.41) is 16.8. The summed E-state index contributed by atoms with van der Waals surface area (Å²) in [6.07, 6.45) is 1.59. The number of hydrogen-bond acceptors (Lipinski definition) is 7. The fraction of sp³-hybridized carbons (Fsp3) is 0.773. The minimum absolute atomic E-state index is 0.0174. The summed E-state index contributed by atoms with van der Waals surface area (Å²) >= 11 is 0. The van der Waals surface area contributed by atoms with Gasteiger partial charge in [0.25, 0.3) is 0 Å². The molecule has 0 spiro atoms. The third-order valence-electron chi connectivity index (χ3n) is 5.01. The number of hydrogen-bond donors (Lipinski definition) is 7. The summed E-state index contributed by atoms with van der Waals surface area (Å²) in [5.74, 6) is -4.11. The average molecular weight is 487 g/mol. The number of unbranched alkanes of at least 4 members (excludes halogenated alkanes) is 1. The van der Waals surface area contributed by atoms with Crippen LogP contribution in [0.2, 0.25) is 0 Å². The van der Waals surface area contributed by atoms with E-state index in [1.165, 1.54) is 0 Å². The van der Waals surface area contributed by atoms with Crippen LogP contribution in [0.15, 0.2) is 0 Å². The van der Waals surface area contributed by atoms with E-state index in [0.717, 1.165) is 0 Å². The third-order valence-corrected chi connectivity index (χ3v) is 5.01. The van der Waals surface area contributed by atoms with E-state index >= 15 is 0 Å². The highest BCUT2D eigenvalue weighted by molar-refractivity contribution is 5.96. The molecular formula is C22H42N6O6. The molecular weight excluding hydrogens is 444 g/mol. The molecule has 12 heteroatoms. The predicted octanol–water partition coefficient (Wildman–Crippen LogP) is -1.05. The number of nitrogens with one attached hydrogen (secondary N) is 3. The Bertz CT molecular complexity index is 699. The van der Waals surface area contributed by atoms with Gasteiger partial charge in [-0.25, -0.2) is 4.79 Å². The molecule has 12 nitrogen and oxygen atoms in total. The van der Waals surface area contributed by atoms with Gasteiger partial charge in [0.2, 0.25) is 23.6 Å². The molecule has 0 rings (SSSR count). The van der Waals surface area contributed by atoms with E-state index in [2.05, 4.69) is 16.0 Å². The summed E-state index contributed by atoms with van der Waals surface area (Å²) in [5.41, 5.74) is 16.5. The number of carbonyl (C=O) groups excluding carboxylic acids is 4. The molecule has 4 amide bonds. The first-order valence-corrected chi connectivity index (χ1v) is 11.7. The van der Waals surface area contributed by atoms with Crippen LogP contribution in [0.25, 0.3) is 0 Å². The van der Waals surface area contributed by atoms with Gasteiger partial charge >= 0.3 is 5.97 Å². The zero-order valence-corrected chi connectivity index (χ0v) is 20.6. The van der Waals surface area contributed by atoms with Crippen molar-refractivity contribution >= 4 is 29.6 Å². The van der Waals surface area contributed by atoms with E-state index in [4.69, 9.17) is 17.2 Å². The fourth-order valence-electron chi connectivity index (χ4n) is 3.27. The normalized spacial score (nSPS) is 14.7. The molecule has 0 saturated heterocycles. The summed E-state index contributed by atoms with van der Waals surface area (Å²) in [6.45, 7) is 7.78. The molecule has 0 radical (unpaired) electrons. The molecule has 0 aliphatic rings. The molecule has 0 aromatic heterocycles. The van der Waals surface area contributed by atoms with Crippen LogP contribution in [0.5, 0.6) is 0 Å². The molecule has 4 atom stereocenters. The highest BCUT2D eigenvalue weighted by Gasteiger charge is 2.31. The third kappa shape index (κ3) is 13.1. The van der Waals surface area contributed by atoms with Crippen molar-refractivity contribution in [2.45, 2.75) is 90.4 Å². The second kappa shape index (κ2) is 16.0. The Morgan fingerprint density at radius 3 is 1.71 bits per heavy atom. The maximum absolute atomic E-state index is 12.9. The van der Waals surface area contributed by atoms with Gasteiger partial charge in [0.05, 0.1) is 12.5 Å². The minimum Gasteiger partial charge on any atom is -0.480 e. The number of amides is 4. The number of carbonyl (C=O) groups is 5. The number of carboxylic acid groups (broad SMARTS) is 1. The van der Waals surface area contributed by atoms with Gasteiger partial charge in [0.15, 0.2) is 0 Å². The quantitative estimate of drug-likeness (QED) is 0.125. The molecule has 0 fully saturated rings. The van der Waals surface area contributed by atoms with Gasteiger partial charge < -0.3 is 38.3 Å². The monoisotopic (exact) mass is 486 g/mol. The SMILES string of the molecule is CC(C)CC(NC(=O)C(CC(C)C)NC(=O)C(CC(N)=O)NC(=O)C(N)CCCCN)C(=O)O. The minimum atomic E-state index is -1.33. The van der Waals surface area contributed by atoms with Crippen molar-refractivity contribution in [2.24, 2.45) is 29.0 Å². The zero-order chi connectivity index (χ0) is 26.4. The Hall–Kier alpha value is -2.73. The molecule has 0 bridgehead atoms. The lowest BCUT2D eigenvalue weighted by Gasteiger charge is -2.26. The Kier molecular flexibility index (Phi) is 14.7. The van der Waals surface area contributed by atoms with Gasteiger partial charge in [-0.05, 0) is 44.1 Å². The van der Waals surface area contributed by atoms with Crippen molar-refractivity contribution in [1.29, 1.82) is 0 Å². The number of nitrogens with two attached hydrogens (primary N) is 3. The lowest BCUT2D eigenvalue weighted by atomic mass is 10.00. The van der Waals surface area contributed by atoms with Gasteiger partial charge in [0.1, 0.15) is 18.1 Å². The number of rotatable bonds is 17. The van der Waals surface area contributed by atoms with Crippen LogP contribution in [0.1, 0.15) is 66.2 Å². The van der Waals surface area contributed by atoms with Crippen LogP contribution in [0.3, 0.4) is 0 Å². The molecule has 0 heterocycles. The lowest BCUT2D eigenvalue weighted by Crippen LogP contribution is -2.58. The molecule has 196 valence electrons. The van der Waals surface area contributed by atoms with Crippen LogP contribution >= 0.6 is 0 Å². The number of primary amides is 1. The van der Waals surface area contributed by atoms with Crippen LogP contribution in [-0.2, 0) is 24.0 Å². The average Bonchev–Trinajstić information content (AvgIpc) is 2.71. The highest BCUT2D eigenvalue weighted by Crippen LogP contribution is 2.10. The predicted molar refractivity (Wildman–Crippen MR) is 127 cm³/mol. The van der Waals surface area contributed by atoms with Gasteiger partial charge in [-0.1, -0.05) is 34.1 Å². The van der Waals surface area contributed by atoms with Crippen molar-refractivity contribution in [3.05, 3.63) is 0 Å². The van der Waals surface area contributed by atoms with Gasteiger partial charge in [0, 0.05) is 0 Å². The Balaban J connectivity index is 5.45. The van der Waals surface area contributed by atoms with E-state index in [1.54, 1.807) is 0 Å². The van der Waals surface area contributed by atoms with Crippen molar-refractivity contribution < 1.29 is 29.1 Å². The molecule has 34 heavy (non-hydrogen) atoms. The van der Waals surface area contributed by atoms with E-state index in [9.17, 15) is 29.1 Å². The van der Waals surface area contributed by atoms with Crippen LogP contribution < -0.4 is 33.2 Å². The summed E-state index contributed by atoms with van der Waals surface area (Å²) < 4.78 is 0. The van der Waals surface area contributed by atoms with Crippen molar-refractivity contribution in [1.82, 2.24) is 16.0 Å². The smallest absolute Gasteiger partial charge is 0.326 e. The Labute approximate surface area is 201 Å². The lowest BCUT2D eigenvalue weighted by molar-refractivity contribution is -0.143. The maximum atomic E-state index is 12.9. The number of carboxylic acids is 1. The second-order valence-corrected chi connectivity index (χ2v) is 9.34. The number of aliphatic carboxylic acids is 1. The van der Waals surface area contributed by atoms with Crippen molar-refractivity contribution in [2.75, 3.05) is 6.54 Å². The topological polar surface area (TPSA) is 220 Å². The molecule has 0 aliphatic carbocycles. The van der Waals surface area contributed by atoms with Gasteiger partial charge in [-0.3, -0.25) is 19.2 Å². The summed E-state index contributed by atoms with van der Waals surface area (Å²) in [4.78, 5) is 61.2. The first-order valence-electron chi connectivity index (χ1n) is 11.7. The largest absolute Gasteiger partial charge is 0.480 e. The van der Waals surface area contributed by atoms with E-state index < -0.39 is 60.2 Å². The van der Waals surface area contributed by atoms with Crippen molar-refractivity contribution in [3.8, 4) is 0 Å². The summed E-state index contributed by atoms with van der Waals surface area (Å²) in [7, 11) is 0. The molecule has 4 unspecified atom stereocenters. The summed E-state index contributed by atoms with van der Waals surface area (Å²) in [6, 6.07) is -4.44. The highest BCUT2D eigenvalue weighted by atomic mass is 16.4. The van der Waals surface area contributed by atoms with Gasteiger partial charge in [-0.2, -0.15) is 0 Å². The maximum Gasteiger partial charge on any atom is 0.326 e. The molecule has 0 saturated carbocycles. The second-order valence-electron chi connectivity index (χ2n) is 9.34. The molecule has 0 aliphatic heterocycles.